The van der Waals surface area contributed by atoms with Crippen LogP contribution in [-0.4, -0.2) is 97.7 Å². The van der Waals surface area contributed by atoms with Gasteiger partial charge in [0.15, 0.2) is 0 Å². The van der Waals surface area contributed by atoms with Crippen molar-refractivity contribution >= 4 is 39.6 Å². The minimum atomic E-state index is -3.50. The molecule has 1 heterocycles. The number of sulfonamides is 1. The van der Waals surface area contributed by atoms with Gasteiger partial charge in [0.05, 0.1) is 12.3 Å². The number of hydrogen-bond acceptors (Lipinski definition) is 7. The number of rotatable bonds is 17. The van der Waals surface area contributed by atoms with E-state index in [0.29, 0.717) is 38.6 Å². The topological polar surface area (TPSA) is 188 Å². The first-order valence-electron chi connectivity index (χ1n) is 16.7. The molecule has 2 unspecified atom stereocenters. The van der Waals surface area contributed by atoms with E-state index in [1.807, 2.05) is 41.5 Å². The third-order valence-electron chi connectivity index (χ3n) is 9.99. The first-order chi connectivity index (χ1) is 21.2. The highest BCUT2D eigenvalue weighted by molar-refractivity contribution is 7.88. The Kier molecular flexibility index (Phi) is 14.0. The van der Waals surface area contributed by atoms with Gasteiger partial charge < -0.3 is 26.6 Å². The van der Waals surface area contributed by atoms with Gasteiger partial charge in [-0.1, -0.05) is 73.6 Å². The fourth-order valence-electron chi connectivity index (χ4n) is 6.10. The molecule has 1 saturated heterocycles. The van der Waals surface area contributed by atoms with Crippen molar-refractivity contribution in [3.63, 3.8) is 0 Å². The molecule has 1 saturated carbocycles. The molecule has 1 aliphatic carbocycles. The Morgan fingerprint density at radius 2 is 1.61 bits per heavy atom. The number of likely N-dealkylation sites (tertiary alicyclic amines) is 1. The van der Waals surface area contributed by atoms with E-state index >= 15 is 0 Å². The minimum absolute atomic E-state index is 0.0374. The molecule has 13 nitrogen and oxygen atoms in total. The average molecular weight is 671 g/mol. The number of nitrogens with two attached hydrogens (primary N) is 1. The molecule has 2 fully saturated rings. The zero-order chi connectivity index (χ0) is 35.0. The molecule has 0 aromatic rings. The number of primary amides is 1. The third kappa shape index (κ3) is 10.6. The lowest BCUT2D eigenvalue weighted by Gasteiger charge is -2.41. The van der Waals surface area contributed by atoms with E-state index in [9.17, 15) is 32.4 Å². The van der Waals surface area contributed by atoms with E-state index in [-0.39, 0.29) is 12.5 Å². The summed E-state index contributed by atoms with van der Waals surface area (Å²) < 4.78 is 25.4. The van der Waals surface area contributed by atoms with Crippen molar-refractivity contribution in [1.29, 1.82) is 0 Å². The summed E-state index contributed by atoms with van der Waals surface area (Å²) in [5.41, 5.74) is 4.13. The molecule has 2 rings (SSSR count). The Morgan fingerprint density at radius 3 is 2.09 bits per heavy atom. The predicted molar refractivity (Wildman–Crippen MR) is 177 cm³/mol. The number of amides is 5. The molecule has 14 heteroatoms. The molecule has 5 atom stereocenters. The molecular weight excluding hydrogens is 612 g/mol. The van der Waals surface area contributed by atoms with E-state index in [2.05, 4.69) is 16.0 Å². The van der Waals surface area contributed by atoms with Crippen molar-refractivity contribution in [1.82, 2.24) is 25.2 Å². The number of nitrogens with zero attached hydrogens (tertiary/aromatic N) is 2. The van der Waals surface area contributed by atoms with Gasteiger partial charge in [0.25, 0.3) is 5.91 Å². The maximum absolute atomic E-state index is 14.4. The van der Waals surface area contributed by atoms with Crippen molar-refractivity contribution in [2.45, 2.75) is 130 Å². The lowest BCUT2D eigenvalue weighted by atomic mass is 9.75. The molecular formula is C32H58N6O7S. The molecule has 0 aromatic carbocycles. The van der Waals surface area contributed by atoms with Crippen LogP contribution in [0.2, 0.25) is 0 Å². The lowest BCUT2D eigenvalue weighted by molar-refractivity contribution is -0.144. The minimum Gasteiger partial charge on any atom is -0.363 e. The molecule has 5 N–H and O–H groups in total. The molecule has 2 aliphatic rings. The fraction of sp³-hybridized carbons (Fsp3) is 0.844. The monoisotopic (exact) mass is 670 g/mol. The smallest absolute Gasteiger partial charge is 0.315 e. The van der Waals surface area contributed by atoms with Crippen LogP contribution in [0.25, 0.3) is 0 Å². The average Bonchev–Trinajstić information content (AvgIpc) is 3.44. The van der Waals surface area contributed by atoms with Gasteiger partial charge in [0.2, 0.25) is 27.6 Å². The summed E-state index contributed by atoms with van der Waals surface area (Å²) in [7, 11) is -2.05. The van der Waals surface area contributed by atoms with Gasteiger partial charge in [0.1, 0.15) is 12.1 Å². The maximum Gasteiger partial charge on any atom is 0.315 e. The summed E-state index contributed by atoms with van der Waals surface area (Å²) in [5.74, 6) is -2.65. The molecule has 0 radical (unpaired) electrons. The highest BCUT2D eigenvalue weighted by atomic mass is 32.2. The fourth-order valence-corrected chi connectivity index (χ4v) is 6.52. The molecule has 0 aromatic heterocycles. The molecule has 0 spiro atoms. The highest BCUT2D eigenvalue weighted by Crippen LogP contribution is 2.35. The number of ketones is 1. The number of likely N-dealkylation sites (N-methyl/N-ethyl adjacent to an activating group) is 1. The van der Waals surface area contributed by atoms with Crippen molar-refractivity contribution < 1.29 is 32.4 Å². The van der Waals surface area contributed by atoms with Gasteiger partial charge in [-0.2, -0.15) is 0 Å². The molecule has 5 amide bonds. The van der Waals surface area contributed by atoms with Crippen LogP contribution < -0.4 is 21.7 Å². The maximum atomic E-state index is 14.4. The first-order valence-corrected chi connectivity index (χ1v) is 18.5. The largest absolute Gasteiger partial charge is 0.363 e. The molecule has 1 aliphatic heterocycles. The Hall–Kier alpha value is -2.74. The Balaban J connectivity index is 2.35. The van der Waals surface area contributed by atoms with Crippen LogP contribution >= 0.6 is 0 Å². The van der Waals surface area contributed by atoms with Crippen molar-refractivity contribution in [3.8, 4) is 0 Å². The number of Topliss-reactive ketones (excluding diaryl/α,β-unsaturated/α-hetero) is 1. The Bertz CT molecular complexity index is 1220. The summed E-state index contributed by atoms with van der Waals surface area (Å²) in [6.07, 6.45) is 8.15. The predicted octanol–water partition coefficient (Wildman–Crippen LogP) is 2.29. The van der Waals surface area contributed by atoms with E-state index in [4.69, 9.17) is 5.73 Å². The van der Waals surface area contributed by atoms with Crippen LogP contribution in [-0.2, 0) is 29.2 Å². The highest BCUT2D eigenvalue weighted by Gasteiger charge is 2.46. The summed E-state index contributed by atoms with van der Waals surface area (Å²) in [6, 6.07) is -4.08. The van der Waals surface area contributed by atoms with Gasteiger partial charge in [-0.15, -0.1) is 0 Å². The molecule has 46 heavy (non-hydrogen) atoms. The second kappa shape index (κ2) is 16.4. The van der Waals surface area contributed by atoms with Crippen LogP contribution in [0.4, 0.5) is 4.79 Å². The third-order valence-corrected chi connectivity index (χ3v) is 11.3. The van der Waals surface area contributed by atoms with Gasteiger partial charge in [-0.3, -0.25) is 19.2 Å². The standard InChI is InChI=1S/C32H58N6O7S/c1-9-11-17-32(6,10-2)26(36-30(43)35-24(31(3,4)5)20-37(7)46(8,44)45)29(42)38-18-13-16-23(38)28(41)34-22(25(39)27(33)40)19-21-14-12-15-21/h21-24,26H,9-20H2,1-8H3,(H2,33,40)(H,34,41)(H2,35,36,43)/t22?,23-,24+,26+,32?/m0/s1. The quantitative estimate of drug-likeness (QED) is 0.171. The van der Waals surface area contributed by atoms with E-state index in [1.54, 1.807) is 0 Å². The molecule has 264 valence electrons. The number of carbonyl (C=O) groups excluding carboxylic acids is 5. The number of carbonyl (C=O) groups is 5. The van der Waals surface area contributed by atoms with Crippen molar-refractivity contribution in [2.24, 2.45) is 22.5 Å². The molecule has 0 bridgehead atoms. The summed E-state index contributed by atoms with van der Waals surface area (Å²) >= 11 is 0. The Morgan fingerprint density at radius 1 is 0.978 bits per heavy atom. The number of urea groups is 1. The van der Waals surface area contributed by atoms with Crippen LogP contribution in [0.3, 0.4) is 0 Å². The number of nitrogens with one attached hydrogen (secondary N) is 3. The van der Waals surface area contributed by atoms with Crippen LogP contribution in [0, 0.1) is 16.7 Å². The van der Waals surface area contributed by atoms with Crippen molar-refractivity contribution in [2.75, 3.05) is 26.4 Å². The number of hydrogen-bond donors (Lipinski definition) is 4. The second-order valence-corrected chi connectivity index (χ2v) is 16.7. The normalized spacial score (nSPS) is 20.6. The zero-order valence-electron chi connectivity index (χ0n) is 29.1. The van der Waals surface area contributed by atoms with Gasteiger partial charge >= 0.3 is 6.03 Å². The van der Waals surface area contributed by atoms with Crippen LogP contribution in [0.1, 0.15) is 106 Å². The van der Waals surface area contributed by atoms with Crippen LogP contribution in [0.5, 0.6) is 0 Å². The summed E-state index contributed by atoms with van der Waals surface area (Å²) in [6.45, 7) is 12.0. The van der Waals surface area contributed by atoms with Gasteiger partial charge in [-0.25, -0.2) is 17.5 Å². The lowest BCUT2D eigenvalue weighted by Crippen LogP contribution is -2.62. The van der Waals surface area contributed by atoms with Gasteiger partial charge in [0, 0.05) is 26.2 Å². The SMILES string of the molecule is CCCCC(C)(CC)[C@H](NC(=O)N[C@H](CN(C)S(C)(=O)=O)C(C)(C)C)C(=O)N1CCC[C@H]1C(=O)NC(CC1CCC1)C(=O)C(N)=O. The summed E-state index contributed by atoms with van der Waals surface area (Å²) in [4.78, 5) is 67.4. The zero-order valence-corrected chi connectivity index (χ0v) is 29.9. The second-order valence-electron chi connectivity index (χ2n) is 14.6. The first kappa shape index (κ1) is 39.4. The van der Waals surface area contributed by atoms with E-state index < -0.39 is 74.6 Å². The van der Waals surface area contributed by atoms with Gasteiger partial charge in [-0.05, 0) is 48.9 Å². The van der Waals surface area contributed by atoms with E-state index in [0.717, 1.165) is 38.4 Å². The Labute approximate surface area is 275 Å². The summed E-state index contributed by atoms with van der Waals surface area (Å²) in [5, 5.41) is 8.57. The van der Waals surface area contributed by atoms with Crippen molar-refractivity contribution in [3.05, 3.63) is 0 Å². The van der Waals surface area contributed by atoms with Crippen LogP contribution in [0.15, 0.2) is 0 Å². The van der Waals surface area contributed by atoms with E-state index in [1.165, 1.54) is 16.3 Å². The number of unbranched alkanes of at least 4 members (excludes halogenated alkanes) is 1.